The first-order valence-corrected chi connectivity index (χ1v) is 7.42. The number of aromatic hydroxyl groups is 1. The maximum atomic E-state index is 14.1. The molecule has 0 bridgehead atoms. The van der Waals surface area contributed by atoms with Crippen molar-refractivity contribution in [1.82, 2.24) is 19.4 Å². The molecule has 1 aromatic carbocycles. The molecule has 0 spiro atoms. The minimum absolute atomic E-state index is 0.0685. The number of nitrogens with one attached hydrogen (secondary N) is 1. The van der Waals surface area contributed by atoms with Crippen molar-refractivity contribution in [2.75, 3.05) is 5.32 Å². The summed E-state index contributed by atoms with van der Waals surface area (Å²) in [4.78, 5) is 24.8. The summed E-state index contributed by atoms with van der Waals surface area (Å²) in [7, 11) is 0. The van der Waals surface area contributed by atoms with Gasteiger partial charge in [-0.2, -0.15) is 0 Å². The fraction of sp³-hybridized carbons (Fsp3) is 0.0588. The fourth-order valence-corrected chi connectivity index (χ4v) is 2.67. The van der Waals surface area contributed by atoms with E-state index in [1.807, 2.05) is 0 Å². The monoisotopic (exact) mass is 337 g/mol. The fourth-order valence-electron chi connectivity index (χ4n) is 2.67. The highest BCUT2D eigenvalue weighted by atomic mass is 19.1. The number of phenolic OH excluding ortho intramolecular Hbond substituents is 1. The van der Waals surface area contributed by atoms with E-state index in [1.165, 1.54) is 35.0 Å². The Hall–Kier alpha value is -3.55. The lowest BCUT2D eigenvalue weighted by Gasteiger charge is -2.09. The Kier molecular flexibility index (Phi) is 3.31. The Morgan fingerprint density at radius 3 is 2.76 bits per heavy atom. The number of halogens is 1. The second-order valence-corrected chi connectivity index (χ2v) is 5.53. The maximum absolute atomic E-state index is 14.1. The van der Waals surface area contributed by atoms with Gasteiger partial charge in [0.05, 0.1) is 16.9 Å². The van der Waals surface area contributed by atoms with E-state index in [0.717, 1.165) is 0 Å². The summed E-state index contributed by atoms with van der Waals surface area (Å²) in [6.07, 6.45) is 6.09. The van der Waals surface area contributed by atoms with Crippen LogP contribution in [0.15, 0.2) is 43.0 Å². The number of fused-ring (bicyclic) bond motifs is 2. The van der Waals surface area contributed by atoms with Gasteiger partial charge < -0.3 is 14.8 Å². The van der Waals surface area contributed by atoms with Gasteiger partial charge in [0.2, 0.25) is 0 Å². The first-order chi connectivity index (χ1) is 12.0. The molecule has 3 aromatic heterocycles. The summed E-state index contributed by atoms with van der Waals surface area (Å²) >= 11 is 0. The first kappa shape index (κ1) is 15.0. The van der Waals surface area contributed by atoms with Crippen LogP contribution < -0.4 is 5.32 Å². The Balaban J connectivity index is 1.75. The number of hydrogen-bond acceptors (Lipinski definition) is 5. The summed E-state index contributed by atoms with van der Waals surface area (Å²) in [5.74, 6) is -1.09. The Labute approximate surface area is 140 Å². The van der Waals surface area contributed by atoms with Gasteiger partial charge in [-0.05, 0) is 19.1 Å². The van der Waals surface area contributed by atoms with Crippen molar-refractivity contribution in [3.05, 3.63) is 60.1 Å². The molecule has 0 aliphatic rings. The van der Waals surface area contributed by atoms with Crippen LogP contribution in [0.5, 0.6) is 5.75 Å². The average Bonchev–Trinajstić information content (AvgIpc) is 2.96. The van der Waals surface area contributed by atoms with Crippen LogP contribution in [0.4, 0.5) is 10.1 Å². The lowest BCUT2D eigenvalue weighted by Crippen LogP contribution is -2.13. The molecule has 0 saturated heterocycles. The van der Waals surface area contributed by atoms with Crippen LogP contribution in [0.1, 0.15) is 16.1 Å². The number of amides is 1. The molecule has 3 heterocycles. The number of anilines is 1. The van der Waals surface area contributed by atoms with Gasteiger partial charge in [-0.3, -0.25) is 9.78 Å². The van der Waals surface area contributed by atoms with Gasteiger partial charge in [0.1, 0.15) is 16.8 Å². The van der Waals surface area contributed by atoms with Crippen molar-refractivity contribution in [3.63, 3.8) is 0 Å². The van der Waals surface area contributed by atoms with E-state index >= 15 is 0 Å². The Morgan fingerprint density at radius 2 is 1.96 bits per heavy atom. The summed E-state index contributed by atoms with van der Waals surface area (Å²) < 4.78 is 15.6. The van der Waals surface area contributed by atoms with Crippen molar-refractivity contribution >= 4 is 28.3 Å². The molecule has 0 saturated carbocycles. The van der Waals surface area contributed by atoms with Crippen molar-refractivity contribution in [1.29, 1.82) is 0 Å². The van der Waals surface area contributed by atoms with Crippen molar-refractivity contribution in [2.45, 2.75) is 6.92 Å². The number of aryl methyl sites for hydroxylation is 1. The molecular weight excluding hydrogens is 325 g/mol. The van der Waals surface area contributed by atoms with Gasteiger partial charge in [-0.15, -0.1) is 0 Å². The largest absolute Gasteiger partial charge is 0.506 e. The number of pyridine rings is 1. The number of rotatable bonds is 2. The molecule has 0 fully saturated rings. The predicted molar refractivity (Wildman–Crippen MR) is 89.0 cm³/mol. The lowest BCUT2D eigenvalue weighted by atomic mass is 10.1. The van der Waals surface area contributed by atoms with Crippen LogP contribution in [0.2, 0.25) is 0 Å². The minimum Gasteiger partial charge on any atom is -0.506 e. The highest BCUT2D eigenvalue weighted by molar-refractivity contribution is 6.12. The lowest BCUT2D eigenvalue weighted by molar-refractivity contribution is 0.102. The zero-order valence-electron chi connectivity index (χ0n) is 13.1. The number of phenols is 1. The molecule has 0 aliphatic heterocycles. The smallest absolute Gasteiger partial charge is 0.257 e. The zero-order chi connectivity index (χ0) is 17.6. The number of benzene rings is 1. The quantitative estimate of drug-likeness (QED) is 0.587. The van der Waals surface area contributed by atoms with Crippen LogP contribution in [0.3, 0.4) is 0 Å². The molecule has 7 nitrogen and oxygen atoms in total. The third-order valence-corrected chi connectivity index (χ3v) is 3.73. The third-order valence-electron chi connectivity index (χ3n) is 3.73. The molecule has 124 valence electrons. The van der Waals surface area contributed by atoms with E-state index in [2.05, 4.69) is 20.3 Å². The zero-order valence-corrected chi connectivity index (χ0v) is 13.1. The summed E-state index contributed by atoms with van der Waals surface area (Å²) in [5.41, 5.74) is 1.85. The third kappa shape index (κ3) is 2.53. The van der Waals surface area contributed by atoms with Crippen LogP contribution in [-0.4, -0.2) is 30.4 Å². The Bertz CT molecular complexity index is 1140. The number of aromatic nitrogens is 4. The van der Waals surface area contributed by atoms with Crippen LogP contribution in [0, 0.1) is 12.7 Å². The van der Waals surface area contributed by atoms with E-state index in [9.17, 15) is 14.3 Å². The topological polar surface area (TPSA) is 92.4 Å². The molecule has 1 amide bonds. The molecule has 25 heavy (non-hydrogen) atoms. The minimum atomic E-state index is -0.541. The molecule has 4 rings (SSSR count). The average molecular weight is 337 g/mol. The highest BCUT2D eigenvalue weighted by Crippen LogP contribution is 2.25. The summed E-state index contributed by atoms with van der Waals surface area (Å²) in [5, 5.41) is 12.5. The molecular formula is C17H12FN5O2. The van der Waals surface area contributed by atoms with E-state index < -0.39 is 11.7 Å². The van der Waals surface area contributed by atoms with Crippen LogP contribution in [0.25, 0.3) is 16.7 Å². The number of nitrogens with zero attached hydrogens (tertiary/aromatic N) is 4. The first-order valence-electron chi connectivity index (χ1n) is 7.42. The molecule has 2 N–H and O–H groups in total. The SMILES string of the molecule is Cc1cn2cc(NC(=O)c3ccc(O)c4nccnc34)cc(F)c2n1. The number of hydrogen-bond donors (Lipinski definition) is 2. The molecule has 4 aromatic rings. The molecule has 0 aliphatic carbocycles. The van der Waals surface area contributed by atoms with E-state index in [4.69, 9.17) is 0 Å². The summed E-state index contributed by atoms with van der Waals surface area (Å²) in [6, 6.07) is 4.01. The van der Waals surface area contributed by atoms with E-state index in [0.29, 0.717) is 5.69 Å². The van der Waals surface area contributed by atoms with Crippen molar-refractivity contribution in [2.24, 2.45) is 0 Å². The standard InChI is InChI=1S/C17H12FN5O2/c1-9-7-23-8-10(6-12(18)16(23)21-9)22-17(25)11-2-3-13(24)15-14(11)19-4-5-20-15/h2-8,24H,1H3,(H,22,25). The number of carbonyl (C=O) groups excluding carboxylic acids is 1. The van der Waals surface area contributed by atoms with Gasteiger partial charge in [0.15, 0.2) is 11.5 Å². The second-order valence-electron chi connectivity index (χ2n) is 5.53. The molecule has 0 atom stereocenters. The maximum Gasteiger partial charge on any atom is 0.257 e. The van der Waals surface area contributed by atoms with Gasteiger partial charge in [-0.25, -0.2) is 14.4 Å². The van der Waals surface area contributed by atoms with E-state index in [1.54, 1.807) is 19.3 Å². The van der Waals surface area contributed by atoms with Gasteiger partial charge in [0.25, 0.3) is 5.91 Å². The van der Waals surface area contributed by atoms with Gasteiger partial charge in [0, 0.05) is 30.9 Å². The Morgan fingerprint density at radius 1 is 1.20 bits per heavy atom. The number of imidazole rings is 1. The van der Waals surface area contributed by atoms with Gasteiger partial charge in [-0.1, -0.05) is 0 Å². The van der Waals surface area contributed by atoms with Crippen molar-refractivity contribution in [3.8, 4) is 5.75 Å². The van der Waals surface area contributed by atoms with E-state index in [-0.39, 0.29) is 33.7 Å². The molecule has 0 radical (unpaired) electrons. The molecule has 0 unspecified atom stereocenters. The normalized spacial score (nSPS) is 11.1. The van der Waals surface area contributed by atoms with Gasteiger partial charge >= 0.3 is 0 Å². The van der Waals surface area contributed by atoms with Crippen LogP contribution >= 0.6 is 0 Å². The predicted octanol–water partition coefficient (Wildman–Crippen LogP) is 2.68. The second kappa shape index (κ2) is 5.52. The molecule has 8 heteroatoms. The van der Waals surface area contributed by atoms with Crippen LogP contribution in [-0.2, 0) is 0 Å². The summed E-state index contributed by atoms with van der Waals surface area (Å²) in [6.45, 7) is 1.76. The van der Waals surface area contributed by atoms with Crippen molar-refractivity contribution < 1.29 is 14.3 Å². The number of carbonyl (C=O) groups is 1. The highest BCUT2D eigenvalue weighted by Gasteiger charge is 2.15.